The highest BCUT2D eigenvalue weighted by Crippen LogP contribution is 2.16. The molecule has 0 N–H and O–H groups in total. The van der Waals surface area contributed by atoms with E-state index in [9.17, 15) is 0 Å². The first kappa shape index (κ1) is 7.94. The first-order valence-corrected chi connectivity index (χ1v) is 4.46. The van der Waals surface area contributed by atoms with Crippen molar-refractivity contribution in [3.63, 3.8) is 0 Å². The first-order chi connectivity index (χ1) is 7.40. The van der Waals surface area contributed by atoms with Gasteiger partial charge in [-0.25, -0.2) is 0 Å². The molecule has 2 heterocycles. The third-order valence-electron chi connectivity index (χ3n) is 2.28. The van der Waals surface area contributed by atoms with Gasteiger partial charge in [0.05, 0.1) is 6.20 Å². The van der Waals surface area contributed by atoms with Crippen molar-refractivity contribution in [2.75, 3.05) is 0 Å². The van der Waals surface area contributed by atoms with E-state index in [4.69, 9.17) is 6.42 Å². The van der Waals surface area contributed by atoms with Crippen molar-refractivity contribution in [1.29, 1.82) is 0 Å². The third-order valence-corrected chi connectivity index (χ3v) is 2.28. The Morgan fingerprint density at radius 2 is 2.07 bits per heavy atom. The zero-order chi connectivity index (χ0) is 10.3. The van der Waals surface area contributed by atoms with Gasteiger partial charge in [-0.3, -0.25) is 0 Å². The monoisotopic (exact) mass is 194 g/mol. The molecule has 1 aromatic carbocycles. The predicted molar refractivity (Wildman–Crippen MR) is 56.2 cm³/mol. The number of hydrogen-bond acceptors (Lipinski definition) is 3. The minimum atomic E-state index is 0.427. The molecule has 2 aromatic heterocycles. The molecule has 0 bridgehead atoms. The van der Waals surface area contributed by atoms with Crippen LogP contribution < -0.4 is 0 Å². The van der Waals surface area contributed by atoms with Gasteiger partial charge >= 0.3 is 0 Å². The van der Waals surface area contributed by atoms with E-state index in [1.165, 1.54) is 0 Å². The van der Waals surface area contributed by atoms with Crippen LogP contribution in [0.5, 0.6) is 0 Å². The lowest BCUT2D eigenvalue weighted by atomic mass is 10.2. The lowest BCUT2D eigenvalue weighted by molar-refractivity contribution is 0.917. The van der Waals surface area contributed by atoms with Crippen LogP contribution in [0.2, 0.25) is 0 Å². The number of fused-ring (bicyclic) bond motifs is 3. The van der Waals surface area contributed by atoms with Gasteiger partial charge < -0.3 is 0 Å². The van der Waals surface area contributed by atoms with Gasteiger partial charge in [-0.05, 0) is 5.92 Å². The second kappa shape index (κ2) is 2.79. The molecular formula is C11H6N4. The Hall–Kier alpha value is -2.41. The van der Waals surface area contributed by atoms with Crippen LogP contribution in [-0.4, -0.2) is 19.8 Å². The molecule has 0 amide bonds. The molecule has 4 heteroatoms. The molecule has 0 aliphatic heterocycles. The minimum Gasteiger partial charge on any atom is -0.185 e. The number of hydrogen-bond donors (Lipinski definition) is 0. The van der Waals surface area contributed by atoms with Crippen molar-refractivity contribution in [3.8, 4) is 12.3 Å². The van der Waals surface area contributed by atoms with Crippen LogP contribution in [0.4, 0.5) is 0 Å². The highest BCUT2D eigenvalue weighted by atomic mass is 15.4. The Kier molecular flexibility index (Phi) is 1.48. The molecule has 0 aliphatic rings. The number of nitrogens with zero attached hydrogens (tertiary/aromatic N) is 4. The summed E-state index contributed by atoms with van der Waals surface area (Å²) in [7, 11) is 0. The van der Waals surface area contributed by atoms with E-state index in [0.29, 0.717) is 11.5 Å². The molecule has 0 saturated heterocycles. The summed E-state index contributed by atoms with van der Waals surface area (Å²) in [6, 6.07) is 7.86. The summed E-state index contributed by atoms with van der Waals surface area (Å²) in [6.07, 6.45) is 7.05. The van der Waals surface area contributed by atoms with Gasteiger partial charge in [0, 0.05) is 10.8 Å². The Morgan fingerprint density at radius 1 is 1.20 bits per heavy atom. The molecule has 0 unspecified atom stereocenters. The summed E-state index contributed by atoms with van der Waals surface area (Å²) in [5.41, 5.74) is 0.695. The molecular weight excluding hydrogens is 188 g/mol. The highest BCUT2D eigenvalue weighted by molar-refractivity contribution is 5.92. The van der Waals surface area contributed by atoms with Gasteiger partial charge in [0.15, 0.2) is 5.65 Å². The van der Waals surface area contributed by atoms with Crippen molar-refractivity contribution >= 4 is 16.4 Å². The average Bonchev–Trinajstić information content (AvgIpc) is 2.72. The summed E-state index contributed by atoms with van der Waals surface area (Å²) in [6.45, 7) is 0. The summed E-state index contributed by atoms with van der Waals surface area (Å²) in [4.78, 5) is 0. The molecule has 3 rings (SSSR count). The molecule has 0 saturated carbocycles. The summed E-state index contributed by atoms with van der Waals surface area (Å²) in [5, 5.41) is 14.1. The Morgan fingerprint density at radius 3 is 2.93 bits per heavy atom. The predicted octanol–water partition coefficient (Wildman–Crippen LogP) is 1.26. The topological polar surface area (TPSA) is 43.1 Å². The van der Waals surface area contributed by atoms with Crippen molar-refractivity contribution < 1.29 is 0 Å². The number of rotatable bonds is 0. The van der Waals surface area contributed by atoms with Crippen molar-refractivity contribution in [2.45, 2.75) is 0 Å². The molecule has 4 nitrogen and oxygen atoms in total. The van der Waals surface area contributed by atoms with Gasteiger partial charge in [0.25, 0.3) is 0 Å². The van der Waals surface area contributed by atoms with E-state index in [2.05, 4.69) is 21.2 Å². The normalized spacial score (nSPS) is 10.6. The van der Waals surface area contributed by atoms with E-state index < -0.39 is 0 Å². The third kappa shape index (κ3) is 1.00. The van der Waals surface area contributed by atoms with Gasteiger partial charge in [-0.2, -0.15) is 9.61 Å². The minimum absolute atomic E-state index is 0.427. The number of terminal acetylenes is 1. The SMILES string of the molecule is C#Cc1nnc2c3ccccc3cnn12. The van der Waals surface area contributed by atoms with Crippen LogP contribution in [0.25, 0.3) is 16.4 Å². The van der Waals surface area contributed by atoms with Crippen molar-refractivity contribution in [3.05, 3.63) is 36.3 Å². The molecule has 15 heavy (non-hydrogen) atoms. The van der Waals surface area contributed by atoms with Gasteiger partial charge in [0.1, 0.15) is 0 Å². The maximum atomic E-state index is 5.29. The van der Waals surface area contributed by atoms with Crippen LogP contribution in [0.3, 0.4) is 0 Å². The molecule has 0 fully saturated rings. The fourth-order valence-corrected chi connectivity index (χ4v) is 1.58. The number of benzene rings is 1. The maximum Gasteiger partial charge on any atom is 0.229 e. The van der Waals surface area contributed by atoms with E-state index in [-0.39, 0.29) is 0 Å². The van der Waals surface area contributed by atoms with Gasteiger partial charge in [0.2, 0.25) is 5.82 Å². The van der Waals surface area contributed by atoms with Crippen LogP contribution in [0, 0.1) is 12.3 Å². The molecule has 0 spiro atoms. The summed E-state index contributed by atoms with van der Waals surface area (Å²) in [5.74, 6) is 2.87. The van der Waals surface area contributed by atoms with Crippen molar-refractivity contribution in [1.82, 2.24) is 19.8 Å². The van der Waals surface area contributed by atoms with Crippen molar-refractivity contribution in [2.24, 2.45) is 0 Å². The van der Waals surface area contributed by atoms with E-state index >= 15 is 0 Å². The lowest BCUT2D eigenvalue weighted by Crippen LogP contribution is -1.94. The molecule has 3 aromatic rings. The zero-order valence-electron chi connectivity index (χ0n) is 7.75. The van der Waals surface area contributed by atoms with E-state index in [0.717, 1.165) is 10.8 Å². The second-order valence-corrected chi connectivity index (χ2v) is 3.14. The fraction of sp³-hybridized carbons (Fsp3) is 0. The highest BCUT2D eigenvalue weighted by Gasteiger charge is 2.06. The Balaban J connectivity index is 2.57. The van der Waals surface area contributed by atoms with E-state index in [1.54, 1.807) is 10.7 Å². The van der Waals surface area contributed by atoms with Crippen LogP contribution in [0.1, 0.15) is 5.82 Å². The molecule has 0 atom stereocenters. The zero-order valence-corrected chi connectivity index (χ0v) is 7.75. The first-order valence-electron chi connectivity index (χ1n) is 4.46. The molecule has 0 aliphatic carbocycles. The maximum absolute atomic E-state index is 5.29. The standard InChI is InChI=1S/C11H6N4/c1-2-10-13-14-11-9-6-4-3-5-8(9)7-12-15(10)11/h1,3-7H. The quantitative estimate of drug-likeness (QED) is 0.506. The molecule has 0 radical (unpaired) electrons. The summed E-state index contributed by atoms with van der Waals surface area (Å²) < 4.78 is 1.57. The average molecular weight is 194 g/mol. The largest absolute Gasteiger partial charge is 0.229 e. The summed E-state index contributed by atoms with van der Waals surface area (Å²) >= 11 is 0. The Labute approximate surface area is 85.6 Å². The fourth-order valence-electron chi connectivity index (χ4n) is 1.58. The van der Waals surface area contributed by atoms with E-state index in [1.807, 2.05) is 24.3 Å². The van der Waals surface area contributed by atoms with Crippen LogP contribution in [-0.2, 0) is 0 Å². The van der Waals surface area contributed by atoms with Gasteiger partial charge in [-0.15, -0.1) is 16.6 Å². The lowest BCUT2D eigenvalue weighted by Gasteiger charge is -1.97. The Bertz CT molecular complexity index is 690. The second-order valence-electron chi connectivity index (χ2n) is 3.14. The van der Waals surface area contributed by atoms with Crippen LogP contribution >= 0.6 is 0 Å². The van der Waals surface area contributed by atoms with Gasteiger partial charge in [-0.1, -0.05) is 24.3 Å². The molecule has 70 valence electrons. The smallest absolute Gasteiger partial charge is 0.185 e. The number of aromatic nitrogens is 4. The van der Waals surface area contributed by atoms with Crippen LogP contribution in [0.15, 0.2) is 30.5 Å².